The van der Waals surface area contributed by atoms with Crippen LogP contribution in [0.25, 0.3) is 0 Å². The Balaban J connectivity index is 2.84. The van der Waals surface area contributed by atoms with E-state index in [9.17, 15) is 22.8 Å². The molecule has 0 aliphatic rings. The summed E-state index contributed by atoms with van der Waals surface area (Å²) in [6.07, 6.45) is -4.21. The Morgan fingerprint density at radius 2 is 1.88 bits per heavy atom. The van der Waals surface area contributed by atoms with Crippen LogP contribution in [0.1, 0.15) is 31.4 Å². The van der Waals surface area contributed by atoms with E-state index in [-0.39, 0.29) is 17.9 Å². The number of nitrogens with two attached hydrogens (primary N) is 2. The second-order valence-electron chi connectivity index (χ2n) is 6.10. The van der Waals surface area contributed by atoms with Crippen molar-refractivity contribution < 1.29 is 22.8 Å². The van der Waals surface area contributed by atoms with Gasteiger partial charge in [0.25, 0.3) is 0 Å². The number of amides is 2. The normalized spacial score (nSPS) is 14.3. The van der Waals surface area contributed by atoms with Gasteiger partial charge in [-0.1, -0.05) is 32.0 Å². The second kappa shape index (κ2) is 8.14. The minimum atomic E-state index is -4.49. The molecule has 0 fully saturated rings. The summed E-state index contributed by atoms with van der Waals surface area (Å²) in [6.45, 7) is 3.78. The summed E-state index contributed by atoms with van der Waals surface area (Å²) in [5.41, 5.74) is 10.4. The lowest BCUT2D eigenvalue weighted by atomic mass is 10.0. The van der Waals surface area contributed by atoms with Gasteiger partial charge in [-0.2, -0.15) is 13.2 Å². The van der Waals surface area contributed by atoms with Crippen LogP contribution in [0, 0.1) is 5.92 Å². The number of hydrogen-bond acceptors (Lipinski definition) is 3. The quantitative estimate of drug-likeness (QED) is 0.700. The number of benzene rings is 1. The first-order valence-corrected chi connectivity index (χ1v) is 7.52. The molecule has 0 aliphatic heterocycles. The minimum Gasteiger partial charge on any atom is -0.368 e. The van der Waals surface area contributed by atoms with E-state index in [2.05, 4.69) is 5.32 Å². The first-order chi connectivity index (χ1) is 11.0. The Morgan fingerprint density at radius 1 is 1.25 bits per heavy atom. The highest BCUT2D eigenvalue weighted by Gasteiger charge is 2.31. The molecular weight excluding hydrogens is 323 g/mol. The van der Waals surface area contributed by atoms with Crippen molar-refractivity contribution in [1.29, 1.82) is 0 Å². The summed E-state index contributed by atoms with van der Waals surface area (Å²) in [7, 11) is 0. The highest BCUT2D eigenvalue weighted by molar-refractivity contribution is 5.89. The Morgan fingerprint density at radius 3 is 2.38 bits per heavy atom. The average Bonchev–Trinajstić information content (AvgIpc) is 2.45. The largest absolute Gasteiger partial charge is 0.416 e. The highest BCUT2D eigenvalue weighted by atomic mass is 19.4. The molecule has 2 atom stereocenters. The van der Waals surface area contributed by atoms with Crippen molar-refractivity contribution in [3.63, 3.8) is 0 Å². The molecule has 134 valence electrons. The van der Waals surface area contributed by atoms with Crippen molar-refractivity contribution >= 4 is 11.8 Å². The molecule has 0 aliphatic carbocycles. The first-order valence-electron chi connectivity index (χ1n) is 7.52. The summed E-state index contributed by atoms with van der Waals surface area (Å²) < 4.78 is 38.2. The molecule has 2 amide bonds. The molecule has 1 aromatic carbocycles. The van der Waals surface area contributed by atoms with Crippen LogP contribution in [-0.4, -0.2) is 23.9 Å². The van der Waals surface area contributed by atoms with Crippen molar-refractivity contribution in [1.82, 2.24) is 5.32 Å². The third kappa shape index (κ3) is 6.19. The van der Waals surface area contributed by atoms with E-state index in [0.29, 0.717) is 6.42 Å². The predicted molar refractivity (Wildman–Crippen MR) is 83.7 cm³/mol. The van der Waals surface area contributed by atoms with Gasteiger partial charge in [-0.25, -0.2) is 0 Å². The van der Waals surface area contributed by atoms with Crippen LogP contribution in [0.15, 0.2) is 24.3 Å². The van der Waals surface area contributed by atoms with E-state index in [0.717, 1.165) is 12.1 Å². The Bertz CT molecular complexity index is 588. The minimum absolute atomic E-state index is 0.139. The lowest BCUT2D eigenvalue weighted by Gasteiger charge is -2.20. The third-order valence-electron chi connectivity index (χ3n) is 3.42. The van der Waals surface area contributed by atoms with Gasteiger partial charge < -0.3 is 16.8 Å². The zero-order valence-electron chi connectivity index (χ0n) is 13.6. The van der Waals surface area contributed by atoms with Gasteiger partial charge in [-0.05, 0) is 24.0 Å². The number of nitrogens with one attached hydrogen (secondary N) is 1. The monoisotopic (exact) mass is 345 g/mol. The fraction of sp³-hybridized carbons (Fsp3) is 0.500. The first kappa shape index (κ1) is 20.0. The lowest BCUT2D eigenvalue weighted by molar-refractivity contribution is -0.137. The van der Waals surface area contributed by atoms with Crippen LogP contribution in [0.2, 0.25) is 0 Å². The smallest absolute Gasteiger partial charge is 0.368 e. The molecule has 0 radical (unpaired) electrons. The molecular formula is C16H22F3N3O2. The van der Waals surface area contributed by atoms with Gasteiger partial charge in [0.05, 0.1) is 11.6 Å². The van der Waals surface area contributed by atoms with Crippen molar-refractivity contribution in [3.05, 3.63) is 35.4 Å². The summed E-state index contributed by atoms with van der Waals surface area (Å²) in [5, 5.41) is 2.41. The van der Waals surface area contributed by atoms with E-state index in [1.807, 2.05) is 13.8 Å². The van der Waals surface area contributed by atoms with Gasteiger partial charge in [-0.3, -0.25) is 9.59 Å². The third-order valence-corrected chi connectivity index (χ3v) is 3.42. The second-order valence-corrected chi connectivity index (χ2v) is 6.10. The summed E-state index contributed by atoms with van der Waals surface area (Å²) in [6, 6.07) is 2.59. The van der Waals surface area contributed by atoms with Crippen LogP contribution in [-0.2, 0) is 22.2 Å². The van der Waals surface area contributed by atoms with E-state index in [4.69, 9.17) is 11.5 Å². The van der Waals surface area contributed by atoms with Gasteiger partial charge in [0.2, 0.25) is 11.8 Å². The van der Waals surface area contributed by atoms with E-state index in [1.165, 1.54) is 12.1 Å². The van der Waals surface area contributed by atoms with Crippen LogP contribution in [0.5, 0.6) is 0 Å². The maximum Gasteiger partial charge on any atom is 0.416 e. The van der Waals surface area contributed by atoms with E-state index >= 15 is 0 Å². The van der Waals surface area contributed by atoms with Crippen molar-refractivity contribution in [2.75, 3.05) is 0 Å². The molecule has 0 spiro atoms. The molecule has 0 bridgehead atoms. The zero-order valence-corrected chi connectivity index (χ0v) is 13.6. The lowest BCUT2D eigenvalue weighted by Crippen LogP contribution is -2.51. The van der Waals surface area contributed by atoms with Crippen LogP contribution in [0.4, 0.5) is 13.2 Å². The van der Waals surface area contributed by atoms with Gasteiger partial charge in [0, 0.05) is 6.42 Å². The maximum absolute atomic E-state index is 12.7. The Labute approximate surface area is 138 Å². The zero-order chi connectivity index (χ0) is 18.5. The van der Waals surface area contributed by atoms with Crippen LogP contribution in [0.3, 0.4) is 0 Å². The van der Waals surface area contributed by atoms with Crippen LogP contribution >= 0.6 is 0 Å². The van der Waals surface area contributed by atoms with E-state index in [1.54, 1.807) is 0 Å². The number of primary amides is 1. The highest BCUT2D eigenvalue weighted by Crippen LogP contribution is 2.29. The predicted octanol–water partition coefficient (Wildman–Crippen LogP) is 1.59. The van der Waals surface area contributed by atoms with Gasteiger partial charge in [-0.15, -0.1) is 0 Å². The SMILES string of the molecule is CC(C)CC(N)C(=O)NC(Cc1cccc(C(F)(F)F)c1)C(N)=O. The molecule has 5 N–H and O–H groups in total. The molecule has 24 heavy (non-hydrogen) atoms. The van der Waals surface area contributed by atoms with E-state index < -0.39 is 35.6 Å². The molecule has 2 unspecified atom stereocenters. The van der Waals surface area contributed by atoms with Gasteiger partial charge in [0.1, 0.15) is 6.04 Å². The van der Waals surface area contributed by atoms with Crippen molar-refractivity contribution in [2.24, 2.45) is 17.4 Å². The number of carbonyl (C=O) groups excluding carboxylic acids is 2. The number of alkyl halides is 3. The fourth-order valence-electron chi connectivity index (χ4n) is 2.23. The topological polar surface area (TPSA) is 98.2 Å². The number of rotatable bonds is 7. The summed E-state index contributed by atoms with van der Waals surface area (Å²) >= 11 is 0. The molecule has 5 nitrogen and oxygen atoms in total. The molecule has 0 aromatic heterocycles. The molecule has 0 heterocycles. The molecule has 1 rings (SSSR count). The Hall–Kier alpha value is -2.09. The number of hydrogen-bond donors (Lipinski definition) is 3. The van der Waals surface area contributed by atoms with Crippen LogP contribution < -0.4 is 16.8 Å². The maximum atomic E-state index is 12.7. The van der Waals surface area contributed by atoms with Gasteiger partial charge >= 0.3 is 6.18 Å². The number of halogens is 3. The standard InChI is InChI=1S/C16H22F3N3O2/c1-9(2)6-12(20)15(24)22-13(14(21)23)8-10-4-3-5-11(7-10)16(17,18)19/h3-5,7,9,12-13H,6,8,20H2,1-2H3,(H2,21,23)(H,22,24). The number of carbonyl (C=O) groups is 2. The van der Waals surface area contributed by atoms with Crippen molar-refractivity contribution in [2.45, 2.75) is 44.9 Å². The molecule has 8 heteroatoms. The molecule has 0 saturated heterocycles. The summed E-state index contributed by atoms with van der Waals surface area (Å²) in [5.74, 6) is -1.21. The average molecular weight is 345 g/mol. The Kier molecular flexibility index (Phi) is 6.77. The van der Waals surface area contributed by atoms with Crippen molar-refractivity contribution in [3.8, 4) is 0 Å². The summed E-state index contributed by atoms with van der Waals surface area (Å²) in [4.78, 5) is 23.5. The molecule has 1 aromatic rings. The molecule has 0 saturated carbocycles. The van der Waals surface area contributed by atoms with Gasteiger partial charge in [0.15, 0.2) is 0 Å². The fourth-order valence-corrected chi connectivity index (χ4v) is 2.23.